The molecule has 1 rings (SSSR count). The van der Waals surface area contributed by atoms with E-state index in [-0.39, 0.29) is 0 Å². The van der Waals surface area contributed by atoms with Gasteiger partial charge in [-0.15, -0.1) is 0 Å². The Labute approximate surface area is 129 Å². The Balaban J connectivity index is 2.55. The van der Waals surface area contributed by atoms with Gasteiger partial charge < -0.3 is 10.8 Å². The van der Waals surface area contributed by atoms with Crippen LogP contribution in [0.2, 0.25) is 0 Å². The Kier molecular flexibility index (Phi) is 8.82. The van der Waals surface area contributed by atoms with Crippen molar-refractivity contribution in [3.05, 3.63) is 35.4 Å². The van der Waals surface area contributed by atoms with Crippen LogP contribution in [0.15, 0.2) is 24.3 Å². The average molecular weight is 287 g/mol. The fourth-order valence-electron chi connectivity index (χ4n) is 2.55. The van der Waals surface area contributed by atoms with Gasteiger partial charge in [0.25, 0.3) is 0 Å². The lowest BCUT2D eigenvalue weighted by Gasteiger charge is -2.10. The molecule has 0 bridgehead atoms. The summed E-state index contributed by atoms with van der Waals surface area (Å²) in [5, 5.41) is 9.95. The van der Waals surface area contributed by atoms with Crippen molar-refractivity contribution in [3.63, 3.8) is 0 Å². The molecule has 0 aliphatic rings. The summed E-state index contributed by atoms with van der Waals surface area (Å²) in [6.45, 7) is 5.00. The van der Waals surface area contributed by atoms with E-state index in [1.54, 1.807) is 0 Å². The Morgan fingerprint density at radius 2 is 2.00 bits per heavy atom. The standard InChI is InChI=1S/C19H29NO/c1-3-8-16(4-2)9-5-6-10-17-11-7-12-18(15-17)19(21)13-14-20/h7,11-12,15-16,19,21H,3-5,8-9,13-14,20H2,1-2H3. The largest absolute Gasteiger partial charge is 0.388 e. The van der Waals surface area contributed by atoms with Crippen LogP contribution in [0.1, 0.15) is 69.6 Å². The zero-order valence-electron chi connectivity index (χ0n) is 13.4. The van der Waals surface area contributed by atoms with Gasteiger partial charge in [0.1, 0.15) is 0 Å². The van der Waals surface area contributed by atoms with E-state index in [1.165, 1.54) is 25.7 Å². The highest BCUT2D eigenvalue weighted by Crippen LogP contribution is 2.18. The number of benzene rings is 1. The predicted octanol–water partition coefficient (Wildman–Crippen LogP) is 4.03. The molecule has 1 aromatic carbocycles. The van der Waals surface area contributed by atoms with E-state index in [1.807, 2.05) is 24.3 Å². The summed E-state index contributed by atoms with van der Waals surface area (Å²) in [5.74, 6) is 7.29. The predicted molar refractivity (Wildman–Crippen MR) is 89.9 cm³/mol. The topological polar surface area (TPSA) is 46.2 Å². The third kappa shape index (κ3) is 6.80. The SMILES string of the molecule is CCCC(CC)CCC#Cc1cccc(C(O)CCN)c1. The zero-order chi connectivity index (χ0) is 15.5. The fourth-order valence-corrected chi connectivity index (χ4v) is 2.55. The van der Waals surface area contributed by atoms with Crippen molar-refractivity contribution in [2.45, 2.75) is 58.5 Å². The number of hydrogen-bond donors (Lipinski definition) is 2. The fraction of sp³-hybridized carbons (Fsp3) is 0.579. The van der Waals surface area contributed by atoms with Gasteiger partial charge in [-0.1, -0.05) is 57.1 Å². The minimum Gasteiger partial charge on any atom is -0.388 e. The van der Waals surface area contributed by atoms with Gasteiger partial charge in [-0.05, 0) is 43.0 Å². The maximum atomic E-state index is 9.95. The van der Waals surface area contributed by atoms with Gasteiger partial charge in [-0.3, -0.25) is 0 Å². The van der Waals surface area contributed by atoms with Crippen LogP contribution in [0.4, 0.5) is 0 Å². The number of aliphatic hydroxyl groups is 1. The first-order chi connectivity index (χ1) is 10.2. The summed E-state index contributed by atoms with van der Waals surface area (Å²) >= 11 is 0. The molecule has 0 amide bonds. The summed E-state index contributed by atoms with van der Waals surface area (Å²) < 4.78 is 0. The first kappa shape index (κ1) is 17.8. The van der Waals surface area contributed by atoms with Gasteiger partial charge in [-0.25, -0.2) is 0 Å². The second kappa shape index (κ2) is 10.4. The van der Waals surface area contributed by atoms with Crippen LogP contribution in [-0.2, 0) is 0 Å². The van der Waals surface area contributed by atoms with Crippen molar-refractivity contribution >= 4 is 0 Å². The van der Waals surface area contributed by atoms with E-state index in [0.29, 0.717) is 13.0 Å². The molecule has 0 saturated heterocycles. The van der Waals surface area contributed by atoms with Crippen LogP contribution in [-0.4, -0.2) is 11.7 Å². The van der Waals surface area contributed by atoms with Crippen molar-refractivity contribution in [2.75, 3.05) is 6.54 Å². The molecule has 0 aliphatic carbocycles. The maximum Gasteiger partial charge on any atom is 0.0802 e. The molecule has 0 aromatic heterocycles. The minimum atomic E-state index is -0.481. The highest BCUT2D eigenvalue weighted by Gasteiger charge is 2.06. The highest BCUT2D eigenvalue weighted by molar-refractivity contribution is 5.37. The molecule has 1 aromatic rings. The monoisotopic (exact) mass is 287 g/mol. The van der Waals surface area contributed by atoms with Gasteiger partial charge in [0, 0.05) is 12.0 Å². The number of nitrogens with two attached hydrogens (primary N) is 1. The van der Waals surface area contributed by atoms with Gasteiger partial charge in [-0.2, -0.15) is 0 Å². The molecule has 0 saturated carbocycles. The number of hydrogen-bond acceptors (Lipinski definition) is 2. The molecule has 0 fully saturated rings. The van der Waals surface area contributed by atoms with E-state index in [9.17, 15) is 5.11 Å². The average Bonchev–Trinajstić information content (AvgIpc) is 2.51. The Hall–Kier alpha value is -1.30. The first-order valence-electron chi connectivity index (χ1n) is 8.18. The Morgan fingerprint density at radius 1 is 1.19 bits per heavy atom. The third-order valence-corrected chi connectivity index (χ3v) is 3.90. The van der Waals surface area contributed by atoms with Gasteiger partial charge >= 0.3 is 0 Å². The van der Waals surface area contributed by atoms with Crippen molar-refractivity contribution < 1.29 is 5.11 Å². The second-order valence-corrected chi connectivity index (χ2v) is 5.62. The van der Waals surface area contributed by atoms with Crippen molar-refractivity contribution in [2.24, 2.45) is 11.7 Å². The normalized spacial score (nSPS) is 13.3. The zero-order valence-corrected chi connectivity index (χ0v) is 13.4. The van der Waals surface area contributed by atoms with Gasteiger partial charge in [0.05, 0.1) is 6.10 Å². The van der Waals surface area contributed by atoms with E-state index < -0.39 is 6.10 Å². The molecule has 3 N–H and O–H groups in total. The Bertz CT molecular complexity index is 458. The molecule has 116 valence electrons. The van der Waals surface area contributed by atoms with E-state index in [2.05, 4.69) is 25.7 Å². The Morgan fingerprint density at radius 3 is 2.67 bits per heavy atom. The van der Waals surface area contributed by atoms with E-state index in [4.69, 9.17) is 5.73 Å². The van der Waals surface area contributed by atoms with Crippen LogP contribution in [0.25, 0.3) is 0 Å². The number of aliphatic hydroxyl groups excluding tert-OH is 1. The van der Waals surface area contributed by atoms with Crippen LogP contribution in [0, 0.1) is 17.8 Å². The van der Waals surface area contributed by atoms with Crippen LogP contribution >= 0.6 is 0 Å². The van der Waals surface area contributed by atoms with Gasteiger partial charge in [0.15, 0.2) is 0 Å². The quantitative estimate of drug-likeness (QED) is 0.709. The van der Waals surface area contributed by atoms with Crippen molar-refractivity contribution in [1.29, 1.82) is 0 Å². The molecule has 0 aliphatic heterocycles. The lowest BCUT2D eigenvalue weighted by Crippen LogP contribution is -2.06. The summed E-state index contributed by atoms with van der Waals surface area (Å²) in [6, 6.07) is 7.84. The molecule has 0 heterocycles. The van der Waals surface area contributed by atoms with Crippen molar-refractivity contribution in [1.82, 2.24) is 0 Å². The summed E-state index contributed by atoms with van der Waals surface area (Å²) in [4.78, 5) is 0. The maximum absolute atomic E-state index is 9.95. The van der Waals surface area contributed by atoms with Crippen LogP contribution in [0.3, 0.4) is 0 Å². The van der Waals surface area contributed by atoms with E-state index >= 15 is 0 Å². The molecule has 2 unspecified atom stereocenters. The molecule has 2 atom stereocenters. The van der Waals surface area contributed by atoms with Crippen LogP contribution < -0.4 is 5.73 Å². The smallest absolute Gasteiger partial charge is 0.0802 e. The molecule has 21 heavy (non-hydrogen) atoms. The first-order valence-corrected chi connectivity index (χ1v) is 8.18. The lowest BCUT2D eigenvalue weighted by molar-refractivity contribution is 0.170. The summed E-state index contributed by atoms with van der Waals surface area (Å²) in [7, 11) is 0. The summed E-state index contributed by atoms with van der Waals surface area (Å²) in [6.07, 6.45) is 6.06. The molecule has 2 nitrogen and oxygen atoms in total. The summed E-state index contributed by atoms with van der Waals surface area (Å²) in [5.41, 5.74) is 7.37. The lowest BCUT2D eigenvalue weighted by atomic mass is 9.95. The number of rotatable bonds is 8. The minimum absolute atomic E-state index is 0.481. The highest BCUT2D eigenvalue weighted by atomic mass is 16.3. The third-order valence-electron chi connectivity index (χ3n) is 3.90. The molecule has 0 spiro atoms. The molecular weight excluding hydrogens is 258 g/mol. The van der Waals surface area contributed by atoms with Gasteiger partial charge in [0.2, 0.25) is 0 Å². The molecular formula is C19H29NO. The molecule has 0 radical (unpaired) electrons. The van der Waals surface area contributed by atoms with Crippen molar-refractivity contribution in [3.8, 4) is 11.8 Å². The van der Waals surface area contributed by atoms with E-state index in [0.717, 1.165) is 23.5 Å². The second-order valence-electron chi connectivity index (χ2n) is 5.62. The van der Waals surface area contributed by atoms with Crippen LogP contribution in [0.5, 0.6) is 0 Å². The molecule has 2 heteroatoms.